The van der Waals surface area contributed by atoms with Crippen LogP contribution in [0.1, 0.15) is 32.1 Å². The molecule has 1 aliphatic carbocycles. The maximum atomic E-state index is 10.4. The molecule has 0 aromatic rings. The summed E-state index contributed by atoms with van der Waals surface area (Å²) in [5.74, 6) is -0.177. The van der Waals surface area contributed by atoms with Crippen LogP contribution in [0.25, 0.3) is 0 Å². The van der Waals surface area contributed by atoms with Gasteiger partial charge in [-0.25, -0.2) is 0 Å². The fraction of sp³-hybridized carbons (Fsp3) is 1.00. The highest BCUT2D eigenvalue weighted by Crippen LogP contribution is 2.16. The van der Waals surface area contributed by atoms with E-state index in [0.29, 0.717) is 19.1 Å². The molecule has 17 heavy (non-hydrogen) atoms. The third-order valence-electron chi connectivity index (χ3n) is 2.53. The number of nitrogens with two attached hydrogens (primary N) is 1. The van der Waals surface area contributed by atoms with E-state index in [4.69, 9.17) is 15.4 Å². The second-order valence-corrected chi connectivity index (χ2v) is 5.66. The monoisotopic (exact) mass is 268 g/mol. The molecular weight excluding hydrogens is 244 g/mol. The lowest BCUT2D eigenvalue weighted by molar-refractivity contribution is 0.306. The Morgan fingerprint density at radius 3 is 2.18 bits per heavy atom. The van der Waals surface area contributed by atoms with E-state index in [9.17, 15) is 8.42 Å². The summed E-state index contributed by atoms with van der Waals surface area (Å²) in [6, 6.07) is 0.454. The molecule has 5 N–H and O–H groups in total. The summed E-state index contributed by atoms with van der Waals surface area (Å²) in [5, 5.41) is 10.9. The third kappa shape index (κ3) is 12.0. The molecule has 0 spiro atoms. The van der Waals surface area contributed by atoms with E-state index in [0.717, 1.165) is 12.8 Å². The summed E-state index contributed by atoms with van der Waals surface area (Å²) in [4.78, 5) is 0. The van der Waals surface area contributed by atoms with Crippen LogP contribution in [0.4, 0.5) is 0 Å². The molecule has 0 aromatic carbocycles. The van der Waals surface area contributed by atoms with E-state index < -0.39 is 10.1 Å². The molecule has 1 rings (SSSR count). The van der Waals surface area contributed by atoms with Crippen LogP contribution in [-0.4, -0.2) is 49.6 Å². The topological polar surface area (TPSA) is 113 Å². The molecule has 0 unspecified atom stereocenters. The predicted molar refractivity (Wildman–Crippen MR) is 67.4 cm³/mol. The molecule has 0 bridgehead atoms. The van der Waals surface area contributed by atoms with Crippen molar-refractivity contribution in [3.8, 4) is 0 Å². The number of nitrogens with one attached hydrogen (secondary N) is 1. The van der Waals surface area contributed by atoms with Gasteiger partial charge < -0.3 is 16.2 Å². The maximum absolute atomic E-state index is 10.4. The van der Waals surface area contributed by atoms with E-state index in [1.165, 1.54) is 19.3 Å². The van der Waals surface area contributed by atoms with Crippen molar-refractivity contribution < 1.29 is 18.1 Å². The summed E-state index contributed by atoms with van der Waals surface area (Å²) >= 11 is 0. The first-order valence-corrected chi connectivity index (χ1v) is 7.60. The second-order valence-electron chi connectivity index (χ2n) is 4.09. The molecule has 0 radical (unpaired) electrons. The van der Waals surface area contributed by atoms with Gasteiger partial charge in [-0.2, -0.15) is 8.42 Å². The summed E-state index contributed by atoms with van der Waals surface area (Å²) in [6.07, 6.45) is 6.00. The van der Waals surface area contributed by atoms with Crippen molar-refractivity contribution in [2.75, 3.05) is 25.4 Å². The van der Waals surface area contributed by atoms with Crippen LogP contribution in [0.15, 0.2) is 0 Å². The Balaban J connectivity index is 0.000000557. The molecule has 7 heteroatoms. The van der Waals surface area contributed by atoms with Crippen molar-refractivity contribution >= 4 is 10.1 Å². The molecule has 0 saturated heterocycles. The van der Waals surface area contributed by atoms with Crippen molar-refractivity contribution in [1.82, 2.24) is 5.32 Å². The van der Waals surface area contributed by atoms with Gasteiger partial charge in [0, 0.05) is 19.1 Å². The van der Waals surface area contributed by atoms with E-state index in [1.54, 1.807) is 0 Å². The van der Waals surface area contributed by atoms with Crippen LogP contribution >= 0.6 is 0 Å². The molecule has 0 aliphatic heterocycles. The average Bonchev–Trinajstić information content (AvgIpc) is 2.29. The van der Waals surface area contributed by atoms with Crippen molar-refractivity contribution in [2.24, 2.45) is 5.73 Å². The summed E-state index contributed by atoms with van der Waals surface area (Å²) < 4.78 is 29.3. The molecule has 1 fully saturated rings. The second kappa shape index (κ2) is 9.78. The van der Waals surface area contributed by atoms with Crippen molar-refractivity contribution in [3.63, 3.8) is 0 Å². The first-order valence-electron chi connectivity index (χ1n) is 5.99. The van der Waals surface area contributed by atoms with E-state index in [-0.39, 0.29) is 12.4 Å². The van der Waals surface area contributed by atoms with Crippen molar-refractivity contribution in [3.05, 3.63) is 0 Å². The van der Waals surface area contributed by atoms with Gasteiger partial charge in [-0.3, -0.25) is 4.55 Å². The van der Waals surface area contributed by atoms with Crippen molar-refractivity contribution in [2.45, 2.75) is 38.1 Å². The molecule has 104 valence electrons. The normalized spacial score (nSPS) is 17.4. The van der Waals surface area contributed by atoms with Gasteiger partial charge in [-0.15, -0.1) is 0 Å². The number of hydrogen-bond acceptors (Lipinski definition) is 5. The van der Waals surface area contributed by atoms with Crippen LogP contribution in [-0.2, 0) is 10.1 Å². The zero-order valence-corrected chi connectivity index (χ0v) is 11.0. The first kappa shape index (κ1) is 16.8. The van der Waals surface area contributed by atoms with E-state index in [1.807, 2.05) is 0 Å². The first-order chi connectivity index (χ1) is 7.99. The molecular formula is C10H24N2O4S. The number of aliphatic hydroxyl groups is 1. The van der Waals surface area contributed by atoms with Gasteiger partial charge in [-0.1, -0.05) is 19.3 Å². The Kier molecular flexibility index (Phi) is 9.66. The zero-order valence-electron chi connectivity index (χ0n) is 10.1. The van der Waals surface area contributed by atoms with Crippen LogP contribution < -0.4 is 11.1 Å². The largest absolute Gasteiger partial charge is 0.395 e. The fourth-order valence-electron chi connectivity index (χ4n) is 1.70. The Bertz CT molecular complexity index is 261. The van der Waals surface area contributed by atoms with Gasteiger partial charge >= 0.3 is 0 Å². The quantitative estimate of drug-likeness (QED) is 0.511. The highest BCUT2D eigenvalue weighted by Gasteiger charge is 2.13. The molecule has 0 heterocycles. The minimum absolute atomic E-state index is 0.0972. The Morgan fingerprint density at radius 1 is 1.24 bits per heavy atom. The van der Waals surface area contributed by atoms with Gasteiger partial charge in [0.1, 0.15) is 0 Å². The van der Waals surface area contributed by atoms with Gasteiger partial charge in [0.05, 0.1) is 12.4 Å². The lowest BCUT2D eigenvalue weighted by Gasteiger charge is -2.22. The van der Waals surface area contributed by atoms with E-state index >= 15 is 0 Å². The summed E-state index contributed by atoms with van der Waals surface area (Å²) in [7, 11) is -3.79. The Morgan fingerprint density at radius 2 is 1.76 bits per heavy atom. The molecule has 1 saturated carbocycles. The highest BCUT2D eigenvalue weighted by atomic mass is 32.2. The number of hydrogen-bond donors (Lipinski definition) is 4. The molecule has 6 nitrogen and oxygen atoms in total. The van der Waals surface area contributed by atoms with Crippen molar-refractivity contribution in [1.29, 1.82) is 0 Å². The molecule has 0 amide bonds. The summed E-state index contributed by atoms with van der Waals surface area (Å²) in [5.41, 5.74) is 4.78. The zero-order chi connectivity index (χ0) is 13.1. The molecule has 1 aliphatic rings. The highest BCUT2D eigenvalue weighted by molar-refractivity contribution is 7.85. The fourth-order valence-corrected chi connectivity index (χ4v) is 2.07. The number of aliphatic hydroxyl groups excluding tert-OH is 1. The summed E-state index contributed by atoms with van der Waals surface area (Å²) in [6.45, 7) is 0.837. The lowest BCUT2D eigenvalue weighted by Crippen LogP contribution is -2.34. The smallest absolute Gasteiger partial charge is 0.266 e. The average molecular weight is 268 g/mol. The van der Waals surface area contributed by atoms with Crippen LogP contribution in [0.5, 0.6) is 0 Å². The Hall–Kier alpha value is -0.210. The van der Waals surface area contributed by atoms with Crippen LogP contribution in [0.3, 0.4) is 0 Å². The molecule has 0 aromatic heterocycles. The van der Waals surface area contributed by atoms with Gasteiger partial charge in [0.2, 0.25) is 0 Å². The van der Waals surface area contributed by atoms with Crippen LogP contribution in [0, 0.1) is 0 Å². The minimum atomic E-state index is -3.79. The third-order valence-corrected chi connectivity index (χ3v) is 3.25. The van der Waals surface area contributed by atoms with Gasteiger partial charge in [0.25, 0.3) is 10.1 Å². The standard InChI is InChI=1S/C8H17NO3S.C2H7NO/c10-13(11,12)7-6-9-8-4-2-1-3-5-8;3-1-2-4/h8-9H,1-7H2,(H,10,11,12);4H,1-3H2. The van der Waals surface area contributed by atoms with Gasteiger partial charge in [0.15, 0.2) is 0 Å². The minimum Gasteiger partial charge on any atom is -0.395 e. The Labute approximate surface area is 103 Å². The van der Waals surface area contributed by atoms with E-state index in [2.05, 4.69) is 5.32 Å². The van der Waals surface area contributed by atoms with Crippen LogP contribution in [0.2, 0.25) is 0 Å². The lowest BCUT2D eigenvalue weighted by atomic mass is 9.96. The molecule has 0 atom stereocenters. The maximum Gasteiger partial charge on any atom is 0.266 e. The number of rotatable bonds is 5. The SMILES string of the molecule is NCCO.O=S(=O)(O)CCNC1CCCCC1. The predicted octanol–water partition coefficient (Wildman–Crippen LogP) is -0.266. The van der Waals surface area contributed by atoms with Gasteiger partial charge in [-0.05, 0) is 12.8 Å².